The van der Waals surface area contributed by atoms with Crippen LogP contribution in [0.15, 0.2) is 48.0 Å². The fourth-order valence-electron chi connectivity index (χ4n) is 2.87. The number of benzene rings is 2. The van der Waals surface area contributed by atoms with Gasteiger partial charge >= 0.3 is 12.0 Å². The number of carbonyl (C=O) groups is 4. The number of urea groups is 1. The highest BCUT2D eigenvalue weighted by atomic mass is 19.1. The number of nitrogens with zero attached hydrogens (tertiary/aromatic N) is 1. The molecule has 166 valence electrons. The standard InChI is InChI=1S/C22H19FN2O7/c1-3-31-18-10-13(7-8-17(18)32-12-19(26)30-2)9-16-20(27)24-22(29)25(21(16)28)15-6-4-5-14(23)11-15/h4-11H,3,12H2,1-2H3,(H,24,27,29)/b16-9+. The second kappa shape index (κ2) is 9.73. The number of anilines is 1. The van der Waals surface area contributed by atoms with Crippen molar-refractivity contribution in [2.24, 2.45) is 0 Å². The van der Waals surface area contributed by atoms with Gasteiger partial charge in [0.05, 0.1) is 19.4 Å². The van der Waals surface area contributed by atoms with E-state index in [1.165, 1.54) is 43.5 Å². The van der Waals surface area contributed by atoms with E-state index >= 15 is 0 Å². The average Bonchev–Trinajstić information content (AvgIpc) is 2.76. The Morgan fingerprint density at radius 3 is 2.56 bits per heavy atom. The number of carbonyl (C=O) groups excluding carboxylic acids is 4. The van der Waals surface area contributed by atoms with Crippen LogP contribution in [0, 0.1) is 5.82 Å². The average molecular weight is 442 g/mol. The van der Waals surface area contributed by atoms with Crippen molar-refractivity contribution in [3.63, 3.8) is 0 Å². The molecule has 4 amide bonds. The quantitative estimate of drug-likeness (QED) is 0.398. The molecule has 2 aromatic carbocycles. The van der Waals surface area contributed by atoms with Crippen molar-refractivity contribution in [1.29, 1.82) is 0 Å². The van der Waals surface area contributed by atoms with Gasteiger partial charge in [-0.1, -0.05) is 12.1 Å². The maximum absolute atomic E-state index is 13.6. The predicted molar refractivity (Wildman–Crippen MR) is 111 cm³/mol. The molecule has 2 aromatic rings. The molecule has 1 saturated heterocycles. The molecule has 1 N–H and O–H groups in total. The number of rotatable bonds is 7. The van der Waals surface area contributed by atoms with E-state index in [1.807, 2.05) is 0 Å². The van der Waals surface area contributed by atoms with Crippen LogP contribution in [0.3, 0.4) is 0 Å². The largest absolute Gasteiger partial charge is 0.490 e. The van der Waals surface area contributed by atoms with Crippen molar-refractivity contribution in [1.82, 2.24) is 5.32 Å². The Morgan fingerprint density at radius 1 is 1.09 bits per heavy atom. The number of amides is 4. The highest BCUT2D eigenvalue weighted by Crippen LogP contribution is 2.30. The fourth-order valence-corrected chi connectivity index (χ4v) is 2.87. The molecule has 0 radical (unpaired) electrons. The second-order valence-electron chi connectivity index (χ2n) is 6.44. The van der Waals surface area contributed by atoms with Gasteiger partial charge in [0.15, 0.2) is 18.1 Å². The zero-order valence-corrected chi connectivity index (χ0v) is 17.2. The molecular formula is C22H19FN2O7. The molecule has 1 aliphatic rings. The fraction of sp³-hybridized carbons (Fsp3) is 0.182. The van der Waals surface area contributed by atoms with Crippen LogP contribution in [-0.2, 0) is 19.1 Å². The van der Waals surface area contributed by atoms with E-state index in [4.69, 9.17) is 9.47 Å². The van der Waals surface area contributed by atoms with Gasteiger partial charge in [-0.25, -0.2) is 18.9 Å². The van der Waals surface area contributed by atoms with E-state index in [0.717, 1.165) is 12.1 Å². The molecule has 0 saturated carbocycles. The lowest BCUT2D eigenvalue weighted by Gasteiger charge is -2.26. The summed E-state index contributed by atoms with van der Waals surface area (Å²) in [6.07, 6.45) is 1.27. The summed E-state index contributed by atoms with van der Waals surface area (Å²) >= 11 is 0. The molecule has 9 nitrogen and oxygen atoms in total. The zero-order chi connectivity index (χ0) is 23.3. The molecule has 0 spiro atoms. The lowest BCUT2D eigenvalue weighted by Crippen LogP contribution is -2.54. The summed E-state index contributed by atoms with van der Waals surface area (Å²) in [5.74, 6) is -2.49. The Balaban J connectivity index is 1.93. The minimum atomic E-state index is -0.982. The highest BCUT2D eigenvalue weighted by Gasteiger charge is 2.37. The Kier molecular flexibility index (Phi) is 6.83. The van der Waals surface area contributed by atoms with Crippen molar-refractivity contribution in [3.05, 3.63) is 59.4 Å². The summed E-state index contributed by atoms with van der Waals surface area (Å²) in [6, 6.07) is 8.44. The van der Waals surface area contributed by atoms with Crippen LogP contribution in [0.1, 0.15) is 12.5 Å². The van der Waals surface area contributed by atoms with Gasteiger partial charge in [0.2, 0.25) is 0 Å². The third-order valence-electron chi connectivity index (χ3n) is 4.32. The van der Waals surface area contributed by atoms with Crippen molar-refractivity contribution < 1.29 is 37.8 Å². The maximum atomic E-state index is 13.6. The molecule has 3 rings (SSSR count). The topological polar surface area (TPSA) is 111 Å². The van der Waals surface area contributed by atoms with Crippen LogP contribution >= 0.6 is 0 Å². The Bertz CT molecular complexity index is 1110. The molecule has 0 aromatic heterocycles. The summed E-state index contributed by atoms with van der Waals surface area (Å²) in [6.45, 7) is 1.70. The van der Waals surface area contributed by atoms with Gasteiger partial charge in [0.1, 0.15) is 11.4 Å². The Labute approximate surface area is 182 Å². The van der Waals surface area contributed by atoms with E-state index < -0.39 is 29.6 Å². The van der Waals surface area contributed by atoms with Crippen LogP contribution in [0.5, 0.6) is 11.5 Å². The molecule has 0 unspecified atom stereocenters. The number of methoxy groups -OCH3 is 1. The minimum Gasteiger partial charge on any atom is -0.490 e. The molecule has 1 fully saturated rings. The zero-order valence-electron chi connectivity index (χ0n) is 17.2. The molecule has 32 heavy (non-hydrogen) atoms. The summed E-state index contributed by atoms with van der Waals surface area (Å²) in [7, 11) is 1.23. The van der Waals surface area contributed by atoms with Gasteiger partial charge < -0.3 is 14.2 Å². The van der Waals surface area contributed by atoms with E-state index in [-0.39, 0.29) is 36.0 Å². The number of barbiturate groups is 1. The Hall–Kier alpha value is -4.21. The normalized spacial score (nSPS) is 14.9. The molecule has 0 bridgehead atoms. The maximum Gasteiger partial charge on any atom is 0.343 e. The van der Waals surface area contributed by atoms with E-state index in [1.54, 1.807) is 6.92 Å². The van der Waals surface area contributed by atoms with Crippen molar-refractivity contribution in [2.45, 2.75) is 6.92 Å². The minimum absolute atomic E-state index is 0.0209. The number of hydrogen-bond acceptors (Lipinski definition) is 7. The molecule has 1 aliphatic heterocycles. The van der Waals surface area contributed by atoms with Crippen LogP contribution in [-0.4, -0.2) is 44.1 Å². The summed E-state index contributed by atoms with van der Waals surface area (Å²) in [4.78, 5) is 49.4. The first-order chi connectivity index (χ1) is 15.3. The second-order valence-corrected chi connectivity index (χ2v) is 6.44. The molecular weight excluding hydrogens is 423 g/mol. The van der Waals surface area contributed by atoms with Gasteiger partial charge in [-0.05, 0) is 48.9 Å². The Morgan fingerprint density at radius 2 is 1.88 bits per heavy atom. The van der Waals surface area contributed by atoms with Gasteiger partial charge in [0.25, 0.3) is 11.8 Å². The molecule has 1 heterocycles. The molecule has 0 aliphatic carbocycles. The third kappa shape index (κ3) is 4.91. The van der Waals surface area contributed by atoms with Crippen molar-refractivity contribution in [2.75, 3.05) is 25.2 Å². The van der Waals surface area contributed by atoms with Gasteiger partial charge in [0, 0.05) is 0 Å². The number of halogens is 1. The SMILES string of the molecule is CCOc1cc(/C=C2\C(=O)NC(=O)N(c3cccc(F)c3)C2=O)ccc1OCC(=O)OC. The smallest absolute Gasteiger partial charge is 0.343 e. The number of esters is 1. The third-order valence-corrected chi connectivity index (χ3v) is 4.32. The number of imide groups is 2. The first kappa shape index (κ1) is 22.5. The first-order valence-electron chi connectivity index (χ1n) is 9.47. The lowest BCUT2D eigenvalue weighted by molar-refractivity contribution is -0.143. The van der Waals surface area contributed by atoms with Crippen LogP contribution < -0.4 is 19.7 Å². The van der Waals surface area contributed by atoms with E-state index in [9.17, 15) is 23.6 Å². The van der Waals surface area contributed by atoms with Gasteiger partial charge in [-0.3, -0.25) is 14.9 Å². The van der Waals surface area contributed by atoms with Crippen molar-refractivity contribution >= 4 is 35.6 Å². The highest BCUT2D eigenvalue weighted by molar-refractivity contribution is 6.39. The van der Waals surface area contributed by atoms with E-state index in [0.29, 0.717) is 10.5 Å². The van der Waals surface area contributed by atoms with Crippen LogP contribution in [0.25, 0.3) is 6.08 Å². The summed E-state index contributed by atoms with van der Waals surface area (Å²) in [5, 5.41) is 2.07. The lowest BCUT2D eigenvalue weighted by atomic mass is 10.1. The number of hydrogen-bond donors (Lipinski definition) is 1. The van der Waals surface area contributed by atoms with Crippen LogP contribution in [0.4, 0.5) is 14.9 Å². The van der Waals surface area contributed by atoms with Gasteiger partial charge in [-0.2, -0.15) is 0 Å². The van der Waals surface area contributed by atoms with E-state index in [2.05, 4.69) is 10.1 Å². The van der Waals surface area contributed by atoms with Crippen molar-refractivity contribution in [3.8, 4) is 11.5 Å². The monoisotopic (exact) mass is 442 g/mol. The van der Waals surface area contributed by atoms with Gasteiger partial charge in [-0.15, -0.1) is 0 Å². The molecule has 10 heteroatoms. The number of nitrogens with one attached hydrogen (secondary N) is 1. The predicted octanol–water partition coefficient (Wildman–Crippen LogP) is 2.44. The molecule has 0 atom stereocenters. The summed E-state index contributed by atoms with van der Waals surface area (Å²) in [5.41, 5.74) is 0.0397. The first-order valence-corrected chi connectivity index (χ1v) is 9.47. The summed E-state index contributed by atoms with van der Waals surface area (Å²) < 4.78 is 29.0. The number of ether oxygens (including phenoxy) is 3. The van der Waals surface area contributed by atoms with Crippen LogP contribution in [0.2, 0.25) is 0 Å².